The lowest BCUT2D eigenvalue weighted by atomic mass is 9.98. The third kappa shape index (κ3) is 4.28. The van der Waals surface area contributed by atoms with Gasteiger partial charge in [-0.25, -0.2) is 4.98 Å². The number of aryl methyl sites for hydroxylation is 2. The minimum absolute atomic E-state index is 0.0320. The maximum absolute atomic E-state index is 13.4. The first-order chi connectivity index (χ1) is 15.0. The Hall–Kier alpha value is -2.93. The Balaban J connectivity index is 1.58. The topological polar surface area (TPSA) is 64.6 Å². The maximum atomic E-state index is 13.4. The number of benzene rings is 1. The van der Waals surface area contributed by atoms with Gasteiger partial charge in [0.1, 0.15) is 9.88 Å². The van der Waals surface area contributed by atoms with Crippen molar-refractivity contribution in [2.24, 2.45) is 0 Å². The fourth-order valence-corrected chi connectivity index (χ4v) is 4.95. The van der Waals surface area contributed by atoms with E-state index in [1.54, 1.807) is 14.2 Å². The Labute approximate surface area is 186 Å². The molecule has 7 heteroatoms. The summed E-state index contributed by atoms with van der Waals surface area (Å²) in [4.78, 5) is 25.1. The van der Waals surface area contributed by atoms with Gasteiger partial charge in [0.05, 0.1) is 19.9 Å². The normalized spacial score (nSPS) is 13.1. The van der Waals surface area contributed by atoms with Crippen molar-refractivity contribution >= 4 is 17.2 Å². The van der Waals surface area contributed by atoms with Gasteiger partial charge >= 0.3 is 0 Å². The number of carbonyl (C=O) groups is 1. The third-order valence-electron chi connectivity index (χ3n) is 5.57. The lowest BCUT2D eigenvalue weighted by Gasteiger charge is -2.29. The molecule has 0 spiro atoms. The van der Waals surface area contributed by atoms with E-state index in [4.69, 9.17) is 14.5 Å². The Morgan fingerprint density at radius 2 is 1.90 bits per heavy atom. The largest absolute Gasteiger partial charge is 0.493 e. The van der Waals surface area contributed by atoms with E-state index in [1.165, 1.54) is 16.9 Å². The van der Waals surface area contributed by atoms with Crippen LogP contribution in [0.2, 0.25) is 0 Å². The van der Waals surface area contributed by atoms with E-state index in [-0.39, 0.29) is 5.91 Å². The Kier molecular flexibility index (Phi) is 6.23. The number of thiazole rings is 1. The van der Waals surface area contributed by atoms with Crippen molar-refractivity contribution in [1.82, 2.24) is 14.9 Å². The van der Waals surface area contributed by atoms with Crippen LogP contribution in [-0.2, 0) is 19.4 Å². The average molecular weight is 438 g/mol. The molecule has 2 aromatic heterocycles. The number of ether oxygens (including phenoxy) is 2. The molecule has 3 aromatic rings. The highest BCUT2D eigenvalue weighted by molar-refractivity contribution is 7.17. The van der Waals surface area contributed by atoms with Crippen LogP contribution in [-0.4, -0.2) is 41.5 Å². The second kappa shape index (κ2) is 9.06. The van der Waals surface area contributed by atoms with Crippen molar-refractivity contribution in [3.05, 3.63) is 57.9 Å². The highest BCUT2D eigenvalue weighted by atomic mass is 32.1. The van der Waals surface area contributed by atoms with Crippen molar-refractivity contribution in [3.63, 3.8) is 0 Å². The van der Waals surface area contributed by atoms with Crippen molar-refractivity contribution in [2.75, 3.05) is 20.8 Å². The second-order valence-electron chi connectivity index (χ2n) is 7.67. The monoisotopic (exact) mass is 437 g/mol. The molecule has 1 amide bonds. The molecular weight excluding hydrogens is 410 g/mol. The lowest BCUT2D eigenvalue weighted by molar-refractivity contribution is 0.0738. The molecule has 4 rings (SSSR count). The number of rotatable bonds is 6. The molecule has 0 bridgehead atoms. The molecule has 0 N–H and O–H groups in total. The van der Waals surface area contributed by atoms with Gasteiger partial charge in [0.2, 0.25) is 0 Å². The van der Waals surface area contributed by atoms with Crippen LogP contribution in [0.1, 0.15) is 45.5 Å². The molecule has 1 aliphatic heterocycles. The fourth-order valence-electron chi connectivity index (χ4n) is 3.92. The molecule has 0 fully saturated rings. The molecule has 6 nitrogen and oxygen atoms in total. The zero-order valence-corrected chi connectivity index (χ0v) is 19.2. The van der Waals surface area contributed by atoms with E-state index in [0.29, 0.717) is 23.7 Å². The summed E-state index contributed by atoms with van der Waals surface area (Å²) in [5.74, 6) is 1.45. The number of nitrogens with zero attached hydrogens (tertiary/aromatic N) is 3. The van der Waals surface area contributed by atoms with Crippen LogP contribution >= 0.6 is 11.3 Å². The minimum atomic E-state index is 0.0320. The summed E-state index contributed by atoms with van der Waals surface area (Å²) in [5.41, 5.74) is 5.14. The van der Waals surface area contributed by atoms with E-state index < -0.39 is 0 Å². The highest BCUT2D eigenvalue weighted by Crippen LogP contribution is 2.35. The van der Waals surface area contributed by atoms with Gasteiger partial charge < -0.3 is 14.4 Å². The van der Waals surface area contributed by atoms with E-state index in [1.807, 2.05) is 36.2 Å². The lowest BCUT2D eigenvalue weighted by Crippen LogP contribution is -2.35. The van der Waals surface area contributed by atoms with Gasteiger partial charge in [-0.05, 0) is 55.2 Å². The van der Waals surface area contributed by atoms with E-state index in [2.05, 4.69) is 18.0 Å². The molecule has 0 aliphatic carbocycles. The van der Waals surface area contributed by atoms with Gasteiger partial charge in [-0.15, -0.1) is 11.3 Å². The number of pyridine rings is 1. The van der Waals surface area contributed by atoms with Gasteiger partial charge in [0.15, 0.2) is 11.5 Å². The predicted octanol–water partition coefficient (Wildman–Crippen LogP) is 4.68. The van der Waals surface area contributed by atoms with E-state index >= 15 is 0 Å². The first kappa shape index (κ1) is 21.3. The molecule has 3 heterocycles. The van der Waals surface area contributed by atoms with Crippen LogP contribution < -0.4 is 9.47 Å². The van der Waals surface area contributed by atoms with Crippen molar-refractivity contribution in [2.45, 2.75) is 39.7 Å². The summed E-state index contributed by atoms with van der Waals surface area (Å²) < 4.78 is 10.9. The van der Waals surface area contributed by atoms with Crippen LogP contribution in [0.25, 0.3) is 10.6 Å². The quantitative estimate of drug-likeness (QED) is 0.560. The number of hydrogen-bond donors (Lipinski definition) is 0. The van der Waals surface area contributed by atoms with Gasteiger partial charge in [0.25, 0.3) is 5.91 Å². The van der Waals surface area contributed by atoms with E-state index in [9.17, 15) is 4.79 Å². The molecule has 1 aromatic carbocycles. The van der Waals surface area contributed by atoms with Crippen LogP contribution in [0, 0.1) is 6.92 Å². The molecule has 0 atom stereocenters. The van der Waals surface area contributed by atoms with Crippen LogP contribution in [0.3, 0.4) is 0 Å². The highest BCUT2D eigenvalue weighted by Gasteiger charge is 2.26. The summed E-state index contributed by atoms with van der Waals surface area (Å²) in [5, 5.41) is 0.865. The van der Waals surface area contributed by atoms with Crippen molar-refractivity contribution in [3.8, 4) is 22.1 Å². The van der Waals surface area contributed by atoms with Gasteiger partial charge in [-0.2, -0.15) is 0 Å². The Morgan fingerprint density at radius 1 is 1.16 bits per heavy atom. The van der Waals surface area contributed by atoms with Crippen LogP contribution in [0.4, 0.5) is 0 Å². The number of fused-ring (bicyclic) bond motifs is 1. The van der Waals surface area contributed by atoms with Crippen molar-refractivity contribution in [1.29, 1.82) is 0 Å². The predicted molar refractivity (Wildman–Crippen MR) is 122 cm³/mol. The molecule has 0 saturated heterocycles. The molecule has 0 unspecified atom stereocenters. The zero-order chi connectivity index (χ0) is 22.0. The van der Waals surface area contributed by atoms with Gasteiger partial charge in [0, 0.05) is 30.5 Å². The van der Waals surface area contributed by atoms with Crippen LogP contribution in [0.5, 0.6) is 11.5 Å². The summed E-state index contributed by atoms with van der Waals surface area (Å²) >= 11 is 1.46. The number of amides is 1. The molecule has 0 saturated carbocycles. The number of aromatic nitrogens is 2. The Morgan fingerprint density at radius 3 is 2.61 bits per heavy atom. The van der Waals surface area contributed by atoms with E-state index in [0.717, 1.165) is 52.5 Å². The zero-order valence-electron chi connectivity index (χ0n) is 18.4. The first-order valence-corrected chi connectivity index (χ1v) is 11.3. The summed E-state index contributed by atoms with van der Waals surface area (Å²) in [7, 11) is 3.27. The smallest absolute Gasteiger partial charge is 0.266 e. The molecule has 0 radical (unpaired) electrons. The second-order valence-corrected chi connectivity index (χ2v) is 8.67. The first-order valence-electron chi connectivity index (χ1n) is 10.5. The standard InChI is InChI=1S/C24H27N3O3S/c1-5-6-19-11-17(7-9-25-19)23-26-15(2)22(31-23)24(28)27-10-8-16-12-20(29-3)21(30-4)13-18(16)14-27/h7,9,11-13H,5-6,8,10,14H2,1-4H3. The van der Waals surface area contributed by atoms with Gasteiger partial charge in [-0.1, -0.05) is 13.3 Å². The number of carbonyl (C=O) groups excluding carboxylic acids is 1. The average Bonchev–Trinajstić information content (AvgIpc) is 3.19. The third-order valence-corrected chi connectivity index (χ3v) is 6.76. The number of hydrogen-bond acceptors (Lipinski definition) is 6. The summed E-state index contributed by atoms with van der Waals surface area (Å²) in [6, 6.07) is 8.03. The van der Waals surface area contributed by atoms with Gasteiger partial charge in [-0.3, -0.25) is 9.78 Å². The van der Waals surface area contributed by atoms with Crippen molar-refractivity contribution < 1.29 is 14.3 Å². The summed E-state index contributed by atoms with van der Waals surface area (Å²) in [6.07, 6.45) is 4.59. The summed E-state index contributed by atoms with van der Waals surface area (Å²) in [6.45, 7) is 5.27. The SMILES string of the molecule is CCCc1cc(-c2nc(C)c(C(=O)N3CCc4cc(OC)c(OC)cc4C3)s2)ccn1. The minimum Gasteiger partial charge on any atom is -0.493 e. The van der Waals surface area contributed by atoms with Crippen LogP contribution in [0.15, 0.2) is 30.5 Å². The fraction of sp³-hybridized carbons (Fsp3) is 0.375. The molecule has 1 aliphatic rings. The maximum Gasteiger partial charge on any atom is 0.266 e. The molecule has 31 heavy (non-hydrogen) atoms. The number of methoxy groups -OCH3 is 2. The molecular formula is C24H27N3O3S. The Bertz CT molecular complexity index is 1110. The molecule has 162 valence electrons.